The Morgan fingerprint density at radius 3 is 2.43 bits per heavy atom. The van der Waals surface area contributed by atoms with Crippen LogP contribution in [-0.2, 0) is 9.53 Å². The minimum Gasteiger partial charge on any atom is -0.394 e. The van der Waals surface area contributed by atoms with Crippen molar-refractivity contribution >= 4 is 17.5 Å². The highest BCUT2D eigenvalue weighted by molar-refractivity contribution is 7.99. The fourth-order valence-electron chi connectivity index (χ4n) is 2.23. The van der Waals surface area contributed by atoms with E-state index in [0.29, 0.717) is 18.6 Å². The van der Waals surface area contributed by atoms with Crippen molar-refractivity contribution in [2.45, 2.75) is 68.9 Å². The Balaban J connectivity index is 2.26. The Morgan fingerprint density at radius 1 is 1.10 bits per heavy atom. The molecular formula is C14H26O6S. The molecule has 4 N–H and O–H groups in total. The van der Waals surface area contributed by atoms with Gasteiger partial charge in [0.05, 0.1) is 6.61 Å². The average molecular weight is 322 g/mol. The van der Waals surface area contributed by atoms with Crippen molar-refractivity contribution in [3.05, 3.63) is 0 Å². The molecule has 0 aromatic rings. The number of hydrogen-bond acceptors (Lipinski definition) is 7. The number of Topliss-reactive ketones (excluding diaryl/α,β-unsaturated/α-hetero) is 1. The summed E-state index contributed by atoms with van der Waals surface area (Å²) in [7, 11) is 0. The molecule has 0 spiro atoms. The van der Waals surface area contributed by atoms with E-state index in [1.807, 2.05) is 6.92 Å². The summed E-state index contributed by atoms with van der Waals surface area (Å²) in [6, 6.07) is 0. The van der Waals surface area contributed by atoms with Gasteiger partial charge in [-0.2, -0.15) is 0 Å². The minimum absolute atomic E-state index is 0.273. The van der Waals surface area contributed by atoms with Gasteiger partial charge in [0.15, 0.2) is 0 Å². The van der Waals surface area contributed by atoms with Gasteiger partial charge >= 0.3 is 0 Å². The molecule has 0 saturated carbocycles. The molecule has 6 nitrogen and oxygen atoms in total. The maximum absolute atomic E-state index is 11.4. The van der Waals surface area contributed by atoms with Crippen molar-refractivity contribution in [3.63, 3.8) is 0 Å². The minimum atomic E-state index is -1.32. The number of unbranched alkanes of at least 4 members (excludes halogenated alkanes) is 1. The molecule has 124 valence electrons. The van der Waals surface area contributed by atoms with Crippen molar-refractivity contribution in [1.82, 2.24) is 0 Å². The number of thioether (sulfide) groups is 1. The van der Waals surface area contributed by atoms with Gasteiger partial charge in [0.2, 0.25) is 0 Å². The topological polar surface area (TPSA) is 107 Å². The fourth-order valence-corrected chi connectivity index (χ4v) is 3.42. The average Bonchev–Trinajstić information content (AvgIpc) is 2.47. The smallest absolute Gasteiger partial charge is 0.132 e. The summed E-state index contributed by atoms with van der Waals surface area (Å²) < 4.78 is 5.38. The van der Waals surface area contributed by atoms with Crippen molar-refractivity contribution in [1.29, 1.82) is 0 Å². The lowest BCUT2D eigenvalue weighted by molar-refractivity contribution is -0.205. The first-order valence-electron chi connectivity index (χ1n) is 7.45. The second kappa shape index (κ2) is 9.76. The molecule has 5 atom stereocenters. The second-order valence-electron chi connectivity index (χ2n) is 5.31. The van der Waals surface area contributed by atoms with Gasteiger partial charge in [-0.05, 0) is 25.0 Å². The van der Waals surface area contributed by atoms with E-state index in [2.05, 4.69) is 0 Å². The molecule has 5 unspecified atom stereocenters. The SMILES string of the molecule is CCCC(=O)CCCCSC1OC(CO)C(O)C(O)C1O. The maximum atomic E-state index is 11.4. The quantitative estimate of drug-likeness (QED) is 0.445. The normalized spacial score (nSPS) is 33.1. The Labute approximate surface area is 129 Å². The van der Waals surface area contributed by atoms with Crippen LogP contribution in [0.2, 0.25) is 0 Å². The molecule has 0 radical (unpaired) electrons. The zero-order chi connectivity index (χ0) is 15.8. The van der Waals surface area contributed by atoms with Gasteiger partial charge in [-0.25, -0.2) is 0 Å². The lowest BCUT2D eigenvalue weighted by Crippen LogP contribution is -2.57. The first kappa shape index (κ1) is 18.9. The molecule has 1 fully saturated rings. The van der Waals surface area contributed by atoms with Gasteiger partial charge in [0.1, 0.15) is 35.6 Å². The summed E-state index contributed by atoms with van der Waals surface area (Å²) in [5.74, 6) is 0.956. The van der Waals surface area contributed by atoms with Crippen molar-refractivity contribution in [2.75, 3.05) is 12.4 Å². The predicted molar refractivity (Wildman–Crippen MR) is 80.0 cm³/mol. The summed E-state index contributed by atoms with van der Waals surface area (Å²) >= 11 is 1.33. The Hall–Kier alpha value is -0.180. The van der Waals surface area contributed by atoms with Crippen LogP contribution in [0.1, 0.15) is 39.0 Å². The van der Waals surface area contributed by atoms with E-state index in [-0.39, 0.29) is 5.78 Å². The zero-order valence-corrected chi connectivity index (χ0v) is 13.2. The molecule has 0 bridgehead atoms. The number of aliphatic hydroxyl groups is 4. The third kappa shape index (κ3) is 5.84. The number of aliphatic hydroxyl groups excluding tert-OH is 4. The predicted octanol–water partition coefficient (Wildman–Crippen LogP) is 0.0590. The Bertz CT molecular complexity index is 312. The van der Waals surface area contributed by atoms with Crippen molar-refractivity contribution < 1.29 is 30.0 Å². The first-order chi connectivity index (χ1) is 10.0. The first-order valence-corrected chi connectivity index (χ1v) is 8.50. The summed E-state index contributed by atoms with van der Waals surface area (Å²) in [5, 5.41) is 38.2. The largest absolute Gasteiger partial charge is 0.394 e. The van der Waals surface area contributed by atoms with E-state index in [9.17, 15) is 20.1 Å². The maximum Gasteiger partial charge on any atom is 0.132 e. The number of ether oxygens (including phenoxy) is 1. The van der Waals surface area contributed by atoms with Crippen LogP contribution in [0.4, 0.5) is 0 Å². The van der Waals surface area contributed by atoms with Gasteiger partial charge < -0.3 is 25.2 Å². The number of carbonyl (C=O) groups is 1. The standard InChI is InChI=1S/C14H26O6S/c1-2-5-9(16)6-3-4-7-21-14-13(19)12(18)11(17)10(8-15)20-14/h10-15,17-19H,2-8H2,1H3. The van der Waals surface area contributed by atoms with E-state index in [1.54, 1.807) is 0 Å². The summed E-state index contributed by atoms with van der Waals surface area (Å²) in [5.41, 5.74) is -0.674. The molecule has 7 heteroatoms. The molecule has 1 rings (SSSR count). The van der Waals surface area contributed by atoms with Crippen LogP contribution in [0.5, 0.6) is 0 Å². The van der Waals surface area contributed by atoms with Gasteiger partial charge in [-0.1, -0.05) is 6.92 Å². The molecule has 0 aromatic carbocycles. The molecular weight excluding hydrogens is 296 g/mol. The number of rotatable bonds is 9. The van der Waals surface area contributed by atoms with Crippen LogP contribution < -0.4 is 0 Å². The van der Waals surface area contributed by atoms with Crippen LogP contribution in [0.15, 0.2) is 0 Å². The molecule has 1 heterocycles. The molecule has 21 heavy (non-hydrogen) atoms. The molecule has 1 aliphatic rings. The molecule has 1 aliphatic heterocycles. The van der Waals surface area contributed by atoms with E-state index in [1.165, 1.54) is 11.8 Å². The number of ketones is 1. The van der Waals surface area contributed by atoms with E-state index < -0.39 is 36.5 Å². The highest BCUT2D eigenvalue weighted by Crippen LogP contribution is 2.29. The van der Waals surface area contributed by atoms with Crippen LogP contribution in [0, 0.1) is 0 Å². The summed E-state index contributed by atoms with van der Waals surface area (Å²) in [6.07, 6.45) is -0.991. The van der Waals surface area contributed by atoms with Gasteiger partial charge in [0, 0.05) is 12.8 Å². The number of carbonyl (C=O) groups excluding carboxylic acids is 1. The van der Waals surface area contributed by atoms with Crippen LogP contribution in [-0.4, -0.2) is 68.4 Å². The molecule has 1 saturated heterocycles. The second-order valence-corrected chi connectivity index (χ2v) is 6.52. The van der Waals surface area contributed by atoms with Crippen molar-refractivity contribution in [2.24, 2.45) is 0 Å². The van der Waals surface area contributed by atoms with E-state index in [4.69, 9.17) is 9.84 Å². The highest BCUT2D eigenvalue weighted by Gasteiger charge is 2.43. The van der Waals surface area contributed by atoms with Gasteiger partial charge in [-0.15, -0.1) is 11.8 Å². The van der Waals surface area contributed by atoms with Gasteiger partial charge in [-0.3, -0.25) is 4.79 Å². The van der Waals surface area contributed by atoms with Crippen LogP contribution in [0.3, 0.4) is 0 Å². The summed E-state index contributed by atoms with van der Waals surface area (Å²) in [6.45, 7) is 1.57. The molecule has 0 aromatic heterocycles. The van der Waals surface area contributed by atoms with Gasteiger partial charge in [0.25, 0.3) is 0 Å². The Kier molecular flexibility index (Phi) is 8.77. The highest BCUT2D eigenvalue weighted by atomic mass is 32.2. The molecule has 0 aliphatic carbocycles. The zero-order valence-electron chi connectivity index (χ0n) is 12.4. The lowest BCUT2D eigenvalue weighted by atomic mass is 10.0. The molecule has 0 amide bonds. The fraction of sp³-hybridized carbons (Fsp3) is 0.929. The Morgan fingerprint density at radius 2 is 1.81 bits per heavy atom. The van der Waals surface area contributed by atoms with Crippen LogP contribution >= 0.6 is 11.8 Å². The van der Waals surface area contributed by atoms with E-state index >= 15 is 0 Å². The van der Waals surface area contributed by atoms with E-state index in [0.717, 1.165) is 19.3 Å². The summed E-state index contributed by atoms with van der Waals surface area (Å²) in [4.78, 5) is 11.4. The number of hydrogen-bond donors (Lipinski definition) is 4. The monoisotopic (exact) mass is 322 g/mol. The lowest BCUT2D eigenvalue weighted by Gasteiger charge is -2.39. The third-order valence-electron chi connectivity index (χ3n) is 3.51. The third-order valence-corrected chi connectivity index (χ3v) is 4.75. The van der Waals surface area contributed by atoms with Crippen LogP contribution in [0.25, 0.3) is 0 Å². The van der Waals surface area contributed by atoms with Crippen molar-refractivity contribution in [3.8, 4) is 0 Å².